The first kappa shape index (κ1) is 18.9. The third-order valence-corrected chi connectivity index (χ3v) is 6.15. The van der Waals surface area contributed by atoms with Gasteiger partial charge in [0.05, 0.1) is 23.0 Å². The van der Waals surface area contributed by atoms with E-state index in [1.165, 1.54) is 16.8 Å². The second-order valence-corrected chi connectivity index (χ2v) is 8.40. The second kappa shape index (κ2) is 6.35. The van der Waals surface area contributed by atoms with Crippen molar-refractivity contribution in [1.29, 1.82) is 0 Å². The number of hydrogen-bond acceptors (Lipinski definition) is 6. The summed E-state index contributed by atoms with van der Waals surface area (Å²) in [7, 11) is 0. The van der Waals surface area contributed by atoms with Gasteiger partial charge in [-0.1, -0.05) is 12.1 Å². The number of nitrogens with one attached hydrogen (secondary N) is 1. The van der Waals surface area contributed by atoms with Crippen LogP contribution in [0.5, 0.6) is 0 Å². The fraction of sp³-hybridized carbons (Fsp3) is 0.273. The number of rotatable bonds is 3. The van der Waals surface area contributed by atoms with Gasteiger partial charge in [-0.05, 0) is 44.4 Å². The highest BCUT2D eigenvalue weighted by Gasteiger charge is 2.58. The lowest BCUT2D eigenvalue weighted by molar-refractivity contribution is -0.117. The van der Waals surface area contributed by atoms with Crippen molar-refractivity contribution in [2.24, 2.45) is 0 Å². The Bertz CT molecular complexity index is 1460. The molecule has 0 saturated heterocycles. The fourth-order valence-corrected chi connectivity index (χ4v) is 4.14. The Balaban J connectivity index is 1.50. The lowest BCUT2D eigenvalue weighted by Crippen LogP contribution is -2.19. The lowest BCUT2D eigenvalue weighted by Gasteiger charge is -2.06. The molecule has 1 fully saturated rings. The molecule has 0 bridgehead atoms. The summed E-state index contributed by atoms with van der Waals surface area (Å²) in [6.07, 6.45) is 1.44. The first-order chi connectivity index (χ1) is 15.4. The first-order valence-electron chi connectivity index (χ1n) is 10.2. The van der Waals surface area contributed by atoms with Crippen LogP contribution in [-0.4, -0.2) is 35.9 Å². The van der Waals surface area contributed by atoms with Gasteiger partial charge >= 0.3 is 0 Å². The van der Waals surface area contributed by atoms with Crippen LogP contribution in [0.2, 0.25) is 0 Å². The highest BCUT2D eigenvalue weighted by molar-refractivity contribution is 6.06. The van der Waals surface area contributed by atoms with Gasteiger partial charge in [0.1, 0.15) is 23.0 Å². The van der Waals surface area contributed by atoms with E-state index in [0.717, 1.165) is 18.4 Å². The number of nitrogens with zero attached hydrogens (tertiary/aromatic N) is 6. The van der Waals surface area contributed by atoms with Crippen LogP contribution in [0.15, 0.2) is 24.3 Å². The van der Waals surface area contributed by atoms with Gasteiger partial charge in [0.2, 0.25) is 11.7 Å². The van der Waals surface area contributed by atoms with Crippen LogP contribution in [0, 0.1) is 25.5 Å². The van der Waals surface area contributed by atoms with Crippen LogP contribution in [0.25, 0.3) is 22.6 Å². The van der Waals surface area contributed by atoms with E-state index in [1.54, 1.807) is 13.0 Å². The monoisotopic (exact) mass is 433 g/mol. The molecule has 160 valence electrons. The number of hydrogen-bond donors (Lipinski definition) is 1. The maximum absolute atomic E-state index is 14.5. The zero-order valence-electron chi connectivity index (χ0n) is 17.3. The molecule has 6 rings (SSSR count). The maximum Gasteiger partial charge on any atom is 0.238 e. The average molecular weight is 433 g/mol. The Kier molecular flexibility index (Phi) is 3.75. The Morgan fingerprint density at radius 3 is 2.66 bits per heavy atom. The molecule has 8 nitrogen and oxygen atoms in total. The van der Waals surface area contributed by atoms with Crippen molar-refractivity contribution in [2.45, 2.75) is 38.6 Å². The number of aryl methyl sites for hydroxylation is 2. The summed E-state index contributed by atoms with van der Waals surface area (Å²) in [6.45, 7) is 3.46. The van der Waals surface area contributed by atoms with Crippen LogP contribution in [0.3, 0.4) is 0 Å². The number of fused-ring (bicyclic) bond motifs is 3. The Hall–Kier alpha value is -3.82. The molecule has 1 N–H and O–H groups in total. The van der Waals surface area contributed by atoms with Crippen LogP contribution >= 0.6 is 0 Å². The molecule has 1 aliphatic carbocycles. The predicted octanol–water partition coefficient (Wildman–Crippen LogP) is 3.21. The molecule has 32 heavy (non-hydrogen) atoms. The molecule has 1 saturated carbocycles. The van der Waals surface area contributed by atoms with Crippen molar-refractivity contribution in [3.63, 3.8) is 0 Å². The van der Waals surface area contributed by atoms with Gasteiger partial charge in [-0.25, -0.2) is 23.4 Å². The molecular formula is C22H17F2N7O. The van der Waals surface area contributed by atoms with Gasteiger partial charge < -0.3 is 5.32 Å². The van der Waals surface area contributed by atoms with Crippen LogP contribution in [0.1, 0.15) is 35.4 Å². The number of aromatic nitrogens is 6. The summed E-state index contributed by atoms with van der Waals surface area (Å²) in [5, 5.41) is 16.1. The predicted molar refractivity (Wildman–Crippen MR) is 111 cm³/mol. The van der Waals surface area contributed by atoms with E-state index in [4.69, 9.17) is 0 Å². The van der Waals surface area contributed by atoms with Crippen LogP contribution < -0.4 is 5.32 Å². The number of carbonyl (C=O) groups is 1. The molecule has 0 radical (unpaired) electrons. The topological polar surface area (TPSA) is 98.5 Å². The third kappa shape index (κ3) is 2.65. The number of benzene rings is 1. The van der Waals surface area contributed by atoms with E-state index in [2.05, 4.69) is 30.6 Å². The lowest BCUT2D eigenvalue weighted by atomic mass is 10.1. The van der Waals surface area contributed by atoms with Gasteiger partial charge in [-0.15, -0.1) is 10.2 Å². The van der Waals surface area contributed by atoms with Gasteiger partial charge in [0.25, 0.3) is 0 Å². The Labute approximate surface area is 180 Å². The summed E-state index contributed by atoms with van der Waals surface area (Å²) in [4.78, 5) is 21.1. The van der Waals surface area contributed by atoms with Crippen molar-refractivity contribution >= 4 is 22.8 Å². The summed E-state index contributed by atoms with van der Waals surface area (Å²) < 4.78 is 30.4. The molecule has 1 aromatic carbocycles. The summed E-state index contributed by atoms with van der Waals surface area (Å²) >= 11 is 0. The normalized spacial score (nSPS) is 15.9. The molecule has 1 spiro atoms. The summed E-state index contributed by atoms with van der Waals surface area (Å²) in [5.41, 5.74) is 2.00. The minimum absolute atomic E-state index is 0.0961. The minimum atomic E-state index is -0.608. The van der Waals surface area contributed by atoms with Crippen molar-refractivity contribution in [3.8, 4) is 11.5 Å². The van der Waals surface area contributed by atoms with E-state index in [-0.39, 0.29) is 35.5 Å². The molecule has 4 heterocycles. The van der Waals surface area contributed by atoms with Crippen LogP contribution in [0.4, 0.5) is 14.6 Å². The molecule has 0 atom stereocenters. The second-order valence-electron chi connectivity index (χ2n) is 8.40. The van der Waals surface area contributed by atoms with Crippen molar-refractivity contribution < 1.29 is 13.6 Å². The third-order valence-electron chi connectivity index (χ3n) is 6.15. The van der Waals surface area contributed by atoms with E-state index in [0.29, 0.717) is 28.1 Å². The molecule has 1 amide bonds. The van der Waals surface area contributed by atoms with E-state index in [9.17, 15) is 13.6 Å². The van der Waals surface area contributed by atoms with Gasteiger partial charge in [-0.3, -0.25) is 4.79 Å². The molecular weight excluding hydrogens is 416 g/mol. The van der Waals surface area contributed by atoms with Crippen molar-refractivity contribution in [3.05, 3.63) is 58.4 Å². The summed E-state index contributed by atoms with van der Waals surface area (Å²) in [6, 6.07) is 6.27. The van der Waals surface area contributed by atoms with E-state index >= 15 is 0 Å². The summed E-state index contributed by atoms with van der Waals surface area (Å²) in [5.74, 6) is -0.494. The average Bonchev–Trinajstić information content (AvgIpc) is 3.43. The Morgan fingerprint density at radius 1 is 1.09 bits per heavy atom. The van der Waals surface area contributed by atoms with Gasteiger partial charge in [0, 0.05) is 5.56 Å². The van der Waals surface area contributed by atoms with E-state index < -0.39 is 11.2 Å². The molecule has 10 heteroatoms. The Morgan fingerprint density at radius 2 is 1.91 bits per heavy atom. The molecule has 0 unspecified atom stereocenters. The minimum Gasteiger partial charge on any atom is -0.308 e. The number of anilines is 1. The van der Waals surface area contributed by atoms with Crippen molar-refractivity contribution in [2.75, 3.05) is 5.32 Å². The van der Waals surface area contributed by atoms with Gasteiger partial charge in [0.15, 0.2) is 11.5 Å². The van der Waals surface area contributed by atoms with Gasteiger partial charge in [-0.2, -0.15) is 5.10 Å². The molecule has 4 aromatic rings. The fourth-order valence-electron chi connectivity index (χ4n) is 4.14. The number of amides is 1. The number of pyridine rings is 1. The molecule has 1 aliphatic heterocycles. The maximum atomic E-state index is 14.5. The number of halogens is 2. The highest BCUT2D eigenvalue weighted by Crippen LogP contribution is 2.53. The van der Waals surface area contributed by atoms with Crippen LogP contribution in [-0.2, 0) is 16.8 Å². The zero-order valence-corrected chi connectivity index (χ0v) is 17.3. The molecule has 2 aliphatic rings. The number of carbonyl (C=O) groups excluding carboxylic acids is 1. The molecule has 3 aromatic heterocycles. The largest absolute Gasteiger partial charge is 0.308 e. The standard InChI is InChI=1S/C22H17F2N7O/c1-10-3-4-12(15(24)7-10)9-31-20-13(8-14(23)11(2)25-20)16(30-31)18-26-19-17(28-29-18)22(5-6-22)21(32)27-19/h3-4,7-8H,5-6,9H2,1-2H3,(H,26,27,29,32). The zero-order chi connectivity index (χ0) is 22.2. The quantitative estimate of drug-likeness (QED) is 0.533. The smallest absolute Gasteiger partial charge is 0.238 e. The highest BCUT2D eigenvalue weighted by atomic mass is 19.1. The van der Waals surface area contributed by atoms with Crippen molar-refractivity contribution in [1.82, 2.24) is 29.9 Å². The first-order valence-corrected chi connectivity index (χ1v) is 10.2. The SMILES string of the molecule is Cc1ccc(Cn2nc(-c3nnc4c(n3)NC(=O)C43CC3)c3cc(F)c(C)nc32)c(F)c1. The van der Waals surface area contributed by atoms with E-state index in [1.807, 2.05) is 13.0 Å².